The average molecular weight is 333 g/mol. The van der Waals surface area contributed by atoms with Gasteiger partial charge in [-0.15, -0.1) is 0 Å². The predicted octanol–water partition coefficient (Wildman–Crippen LogP) is -2.43. The first-order valence-corrected chi connectivity index (χ1v) is 7.79. The van der Waals surface area contributed by atoms with Crippen molar-refractivity contribution < 1.29 is 29.6 Å². The van der Waals surface area contributed by atoms with E-state index in [9.17, 15) is 24.9 Å². The van der Waals surface area contributed by atoms with Crippen LogP contribution in [0.2, 0.25) is 0 Å². The van der Waals surface area contributed by atoms with Gasteiger partial charge in [0, 0.05) is 13.3 Å². The van der Waals surface area contributed by atoms with Gasteiger partial charge in [-0.25, -0.2) is 0 Å². The molecule has 9 heteroatoms. The Hall–Kier alpha value is -1.26. The molecule has 5 atom stereocenters. The molecule has 0 bridgehead atoms. The number of carbonyl (C=O) groups is 2. The van der Waals surface area contributed by atoms with E-state index in [0.29, 0.717) is 13.0 Å². The van der Waals surface area contributed by atoms with E-state index in [-0.39, 0.29) is 12.3 Å². The Morgan fingerprint density at radius 2 is 1.83 bits per heavy atom. The molecule has 0 aromatic rings. The van der Waals surface area contributed by atoms with Crippen LogP contribution in [0, 0.1) is 0 Å². The highest BCUT2D eigenvalue weighted by Gasteiger charge is 2.45. The Bertz CT molecular complexity index is 395. The number of aliphatic hydroxyl groups is 3. The van der Waals surface area contributed by atoms with Crippen molar-refractivity contribution in [3.63, 3.8) is 0 Å². The zero-order valence-corrected chi connectivity index (χ0v) is 13.3. The van der Waals surface area contributed by atoms with Crippen LogP contribution < -0.4 is 16.4 Å². The van der Waals surface area contributed by atoms with E-state index >= 15 is 0 Å². The van der Waals surface area contributed by atoms with Crippen molar-refractivity contribution in [1.82, 2.24) is 10.6 Å². The second kappa shape index (κ2) is 9.78. The molecule has 0 saturated carbocycles. The van der Waals surface area contributed by atoms with Crippen molar-refractivity contribution in [1.29, 1.82) is 0 Å². The first-order chi connectivity index (χ1) is 10.9. The van der Waals surface area contributed by atoms with E-state index in [1.807, 2.05) is 0 Å². The molecule has 0 aliphatic carbocycles. The van der Waals surface area contributed by atoms with Crippen molar-refractivity contribution in [2.45, 2.75) is 63.2 Å². The van der Waals surface area contributed by atoms with E-state index in [4.69, 9.17) is 10.5 Å². The van der Waals surface area contributed by atoms with Crippen molar-refractivity contribution in [3.8, 4) is 0 Å². The molecule has 0 radical (unpaired) electrons. The SMILES string of the molecule is CC(=O)N[C@H]1[C@@H](O)[C@@H](O)[C@@H](CO)O[C@H]1NC(=O)CCCCCN. The van der Waals surface area contributed by atoms with Crippen LogP contribution in [0.5, 0.6) is 0 Å². The van der Waals surface area contributed by atoms with E-state index in [0.717, 1.165) is 12.8 Å². The van der Waals surface area contributed by atoms with Gasteiger partial charge >= 0.3 is 0 Å². The summed E-state index contributed by atoms with van der Waals surface area (Å²) in [6.07, 6.45) is -2.23. The van der Waals surface area contributed by atoms with Gasteiger partial charge in [0.2, 0.25) is 11.8 Å². The van der Waals surface area contributed by atoms with E-state index in [1.54, 1.807) is 0 Å². The second-order valence-electron chi connectivity index (χ2n) is 5.65. The fourth-order valence-corrected chi connectivity index (χ4v) is 2.47. The standard InChI is InChI=1S/C14H27N3O6/c1-8(19)16-11-13(22)12(21)9(7-18)23-14(11)17-10(20)5-3-2-4-6-15/h9,11-14,18,21-22H,2-7,15H2,1H3,(H,16,19)(H,17,20)/t9-,11+,12+,13-,14-/m1/s1. The monoisotopic (exact) mass is 333 g/mol. The topological polar surface area (TPSA) is 154 Å². The van der Waals surface area contributed by atoms with Crippen LogP contribution in [0.15, 0.2) is 0 Å². The number of carbonyl (C=O) groups excluding carboxylic acids is 2. The Kier molecular flexibility index (Phi) is 8.42. The zero-order valence-electron chi connectivity index (χ0n) is 13.3. The molecule has 9 nitrogen and oxygen atoms in total. The van der Waals surface area contributed by atoms with E-state index in [2.05, 4.69) is 10.6 Å². The Morgan fingerprint density at radius 3 is 2.39 bits per heavy atom. The van der Waals surface area contributed by atoms with Crippen molar-refractivity contribution in [2.24, 2.45) is 5.73 Å². The smallest absolute Gasteiger partial charge is 0.222 e. The normalized spacial score (nSPS) is 30.7. The van der Waals surface area contributed by atoms with Gasteiger partial charge < -0.3 is 36.4 Å². The first kappa shape index (κ1) is 19.8. The van der Waals surface area contributed by atoms with Gasteiger partial charge in [0.1, 0.15) is 24.4 Å². The summed E-state index contributed by atoms with van der Waals surface area (Å²) in [7, 11) is 0. The molecule has 1 aliphatic heterocycles. The highest BCUT2D eigenvalue weighted by atomic mass is 16.5. The van der Waals surface area contributed by atoms with E-state index < -0.39 is 43.1 Å². The number of rotatable bonds is 8. The molecule has 7 N–H and O–H groups in total. The molecule has 1 heterocycles. The molecule has 0 aromatic carbocycles. The number of hydrogen-bond acceptors (Lipinski definition) is 7. The first-order valence-electron chi connectivity index (χ1n) is 7.79. The van der Waals surface area contributed by atoms with Gasteiger partial charge in [-0.1, -0.05) is 6.42 Å². The van der Waals surface area contributed by atoms with Crippen LogP contribution in [0.4, 0.5) is 0 Å². The van der Waals surface area contributed by atoms with Gasteiger partial charge in [-0.3, -0.25) is 9.59 Å². The lowest BCUT2D eigenvalue weighted by Crippen LogP contribution is -2.68. The van der Waals surface area contributed by atoms with Gasteiger partial charge in [0.15, 0.2) is 6.23 Å². The third-order valence-corrected chi connectivity index (χ3v) is 3.71. The fraction of sp³-hybridized carbons (Fsp3) is 0.857. The number of aliphatic hydroxyl groups excluding tert-OH is 3. The molecule has 1 fully saturated rings. The van der Waals surface area contributed by atoms with Gasteiger partial charge in [-0.05, 0) is 19.4 Å². The minimum Gasteiger partial charge on any atom is -0.394 e. The predicted molar refractivity (Wildman–Crippen MR) is 81.0 cm³/mol. The number of amides is 2. The Labute approximate surface area is 135 Å². The summed E-state index contributed by atoms with van der Waals surface area (Å²) >= 11 is 0. The zero-order chi connectivity index (χ0) is 17.4. The summed E-state index contributed by atoms with van der Waals surface area (Å²) in [6, 6.07) is -1.00. The third-order valence-electron chi connectivity index (χ3n) is 3.71. The molecule has 0 aromatic heterocycles. The van der Waals surface area contributed by atoms with Crippen LogP contribution in [0.3, 0.4) is 0 Å². The lowest BCUT2D eigenvalue weighted by Gasteiger charge is -2.42. The largest absolute Gasteiger partial charge is 0.394 e. The highest BCUT2D eigenvalue weighted by Crippen LogP contribution is 2.20. The second-order valence-corrected chi connectivity index (χ2v) is 5.65. The summed E-state index contributed by atoms with van der Waals surface area (Å²) in [5.74, 6) is -0.739. The molecule has 0 spiro atoms. The summed E-state index contributed by atoms with van der Waals surface area (Å²) in [4.78, 5) is 23.2. The maximum Gasteiger partial charge on any atom is 0.222 e. The average Bonchev–Trinajstić information content (AvgIpc) is 2.50. The quantitative estimate of drug-likeness (QED) is 0.270. The Balaban J connectivity index is 2.65. The van der Waals surface area contributed by atoms with Crippen LogP contribution >= 0.6 is 0 Å². The molecule has 23 heavy (non-hydrogen) atoms. The number of nitrogens with one attached hydrogen (secondary N) is 2. The van der Waals surface area contributed by atoms with Crippen LogP contribution in [-0.2, 0) is 14.3 Å². The van der Waals surface area contributed by atoms with Crippen molar-refractivity contribution in [2.75, 3.05) is 13.2 Å². The molecule has 1 saturated heterocycles. The van der Waals surface area contributed by atoms with Crippen molar-refractivity contribution in [3.05, 3.63) is 0 Å². The number of unbranched alkanes of at least 4 members (excludes halogenated alkanes) is 2. The number of hydrogen-bond donors (Lipinski definition) is 6. The van der Waals surface area contributed by atoms with Gasteiger partial charge in [0.05, 0.1) is 6.61 Å². The summed E-state index contributed by atoms with van der Waals surface area (Å²) < 4.78 is 5.40. The lowest BCUT2D eigenvalue weighted by atomic mass is 9.95. The highest BCUT2D eigenvalue weighted by molar-refractivity contribution is 5.76. The summed E-state index contributed by atoms with van der Waals surface area (Å²) in [5.41, 5.74) is 5.38. The van der Waals surface area contributed by atoms with Crippen LogP contribution in [0.1, 0.15) is 32.6 Å². The fourth-order valence-electron chi connectivity index (χ4n) is 2.47. The molecule has 2 amide bonds. The molecular formula is C14H27N3O6. The number of ether oxygens (including phenoxy) is 1. The minimum atomic E-state index is -1.37. The van der Waals surface area contributed by atoms with Crippen LogP contribution in [-0.4, -0.2) is 70.9 Å². The summed E-state index contributed by atoms with van der Waals surface area (Å²) in [6.45, 7) is 1.30. The van der Waals surface area contributed by atoms with E-state index in [1.165, 1.54) is 6.92 Å². The molecular weight excluding hydrogens is 306 g/mol. The van der Waals surface area contributed by atoms with Gasteiger partial charge in [-0.2, -0.15) is 0 Å². The molecule has 1 aliphatic rings. The number of nitrogens with two attached hydrogens (primary N) is 1. The van der Waals surface area contributed by atoms with Crippen LogP contribution in [0.25, 0.3) is 0 Å². The summed E-state index contributed by atoms with van der Waals surface area (Å²) in [5, 5.41) is 34.2. The van der Waals surface area contributed by atoms with Crippen molar-refractivity contribution >= 4 is 11.8 Å². The molecule has 0 unspecified atom stereocenters. The molecule has 134 valence electrons. The minimum absolute atomic E-state index is 0.259. The third kappa shape index (κ3) is 6.04. The lowest BCUT2D eigenvalue weighted by molar-refractivity contribution is -0.203. The Morgan fingerprint density at radius 1 is 1.13 bits per heavy atom. The van der Waals surface area contributed by atoms with Gasteiger partial charge in [0.25, 0.3) is 0 Å². The maximum atomic E-state index is 11.9. The maximum absolute atomic E-state index is 11.9. The molecule has 1 rings (SSSR count).